The molecule has 0 fully saturated rings. The monoisotopic (exact) mass is 309 g/mol. The molecule has 2 aromatic rings. The van der Waals surface area contributed by atoms with Crippen molar-refractivity contribution in [2.45, 2.75) is 11.8 Å². The fraction of sp³-hybridized carbons (Fsp3) is 0.167. The lowest BCUT2D eigenvalue weighted by molar-refractivity contribution is 0.350. The fourth-order valence-corrected chi connectivity index (χ4v) is 3.25. The van der Waals surface area contributed by atoms with Crippen molar-refractivity contribution in [3.05, 3.63) is 35.5 Å². The first-order chi connectivity index (χ1) is 9.53. The second kappa shape index (κ2) is 6.00. The van der Waals surface area contributed by atoms with Gasteiger partial charge in [0.25, 0.3) is 10.0 Å². The third-order valence-corrected chi connectivity index (χ3v) is 4.48. The Morgan fingerprint density at radius 1 is 1.45 bits per heavy atom. The molecule has 0 unspecified atom stereocenters. The molecule has 0 atom stereocenters. The van der Waals surface area contributed by atoms with Crippen LogP contribution < -0.4 is 4.72 Å². The Bertz CT molecular complexity index is 759. The van der Waals surface area contributed by atoms with Crippen molar-refractivity contribution in [1.29, 1.82) is 0 Å². The number of aryl methyl sites for hydroxylation is 1. The summed E-state index contributed by atoms with van der Waals surface area (Å²) in [6.45, 7) is 1.52. The third-order valence-electron chi connectivity index (χ3n) is 2.41. The van der Waals surface area contributed by atoms with Gasteiger partial charge >= 0.3 is 0 Å². The molecule has 104 valence electrons. The van der Waals surface area contributed by atoms with Crippen LogP contribution in [0.4, 0.5) is 5.00 Å². The number of rotatable bonds is 3. The second-order valence-corrected chi connectivity index (χ2v) is 6.29. The van der Waals surface area contributed by atoms with E-state index in [9.17, 15) is 8.42 Å². The maximum Gasteiger partial charge on any atom is 0.262 e. The van der Waals surface area contributed by atoms with E-state index in [1.54, 1.807) is 13.0 Å². The Morgan fingerprint density at radius 2 is 2.25 bits per heavy atom. The minimum atomic E-state index is -3.66. The van der Waals surface area contributed by atoms with E-state index in [-0.39, 0.29) is 11.5 Å². The minimum Gasteiger partial charge on any atom is -0.384 e. The topological polar surface area (TPSA) is 92.2 Å². The summed E-state index contributed by atoms with van der Waals surface area (Å²) in [7, 11) is -3.66. The van der Waals surface area contributed by atoms with Crippen LogP contribution in [0.15, 0.2) is 29.3 Å². The van der Waals surface area contributed by atoms with Gasteiger partial charge in [0.15, 0.2) is 0 Å². The molecule has 1 aromatic carbocycles. The lowest BCUT2D eigenvalue weighted by atomic mass is 10.1. The predicted molar refractivity (Wildman–Crippen MR) is 75.9 cm³/mol. The largest absolute Gasteiger partial charge is 0.384 e. The SMILES string of the molecule is Cc1cc(S(=O)(=O)Nc2cnns2)ccc1C#CCO. The smallest absolute Gasteiger partial charge is 0.262 e. The predicted octanol–water partition coefficient (Wildman–Crippen LogP) is 0.991. The van der Waals surface area contributed by atoms with E-state index in [0.717, 1.165) is 17.1 Å². The van der Waals surface area contributed by atoms with E-state index in [2.05, 4.69) is 26.1 Å². The van der Waals surface area contributed by atoms with Crippen molar-refractivity contribution in [1.82, 2.24) is 9.59 Å². The molecule has 0 spiro atoms. The van der Waals surface area contributed by atoms with Gasteiger partial charge in [-0.15, -0.1) is 5.10 Å². The van der Waals surface area contributed by atoms with Crippen LogP contribution in [0.25, 0.3) is 0 Å². The van der Waals surface area contributed by atoms with Crippen LogP contribution in [-0.4, -0.2) is 29.7 Å². The highest BCUT2D eigenvalue weighted by Gasteiger charge is 2.16. The summed E-state index contributed by atoms with van der Waals surface area (Å²) in [5, 5.41) is 12.6. The lowest BCUT2D eigenvalue weighted by Crippen LogP contribution is -2.12. The Hall–Kier alpha value is -1.95. The van der Waals surface area contributed by atoms with Crippen LogP contribution in [0.2, 0.25) is 0 Å². The zero-order valence-corrected chi connectivity index (χ0v) is 12.1. The molecular weight excluding hydrogens is 298 g/mol. The Balaban J connectivity index is 2.31. The van der Waals surface area contributed by atoms with Crippen LogP contribution in [-0.2, 0) is 10.0 Å². The van der Waals surface area contributed by atoms with Gasteiger partial charge in [-0.2, -0.15) is 0 Å². The van der Waals surface area contributed by atoms with Gasteiger partial charge in [0.2, 0.25) is 0 Å². The maximum absolute atomic E-state index is 12.1. The first-order valence-electron chi connectivity index (χ1n) is 5.53. The number of aliphatic hydroxyl groups excluding tert-OH is 1. The van der Waals surface area contributed by atoms with Crippen LogP contribution in [0, 0.1) is 18.8 Å². The second-order valence-electron chi connectivity index (χ2n) is 3.82. The van der Waals surface area contributed by atoms with Gasteiger partial charge in [0.05, 0.1) is 11.1 Å². The molecule has 2 rings (SSSR count). The molecule has 1 heterocycles. The summed E-state index contributed by atoms with van der Waals surface area (Å²) < 4.78 is 30.3. The molecule has 0 aliphatic rings. The number of nitrogens with one attached hydrogen (secondary N) is 1. The molecule has 0 saturated carbocycles. The maximum atomic E-state index is 12.1. The highest BCUT2D eigenvalue weighted by molar-refractivity contribution is 7.93. The normalized spacial score (nSPS) is 10.7. The number of nitrogens with zero attached hydrogens (tertiary/aromatic N) is 2. The number of anilines is 1. The van der Waals surface area contributed by atoms with E-state index in [4.69, 9.17) is 5.11 Å². The first kappa shape index (κ1) is 14.5. The van der Waals surface area contributed by atoms with E-state index in [1.165, 1.54) is 18.3 Å². The molecule has 0 aliphatic heterocycles. The molecule has 1 aromatic heterocycles. The van der Waals surface area contributed by atoms with E-state index < -0.39 is 10.0 Å². The van der Waals surface area contributed by atoms with Gasteiger partial charge in [0, 0.05) is 17.1 Å². The minimum absolute atomic E-state index is 0.137. The van der Waals surface area contributed by atoms with E-state index in [0.29, 0.717) is 10.6 Å². The summed E-state index contributed by atoms with van der Waals surface area (Å²) in [6, 6.07) is 4.60. The highest BCUT2D eigenvalue weighted by Crippen LogP contribution is 2.19. The van der Waals surface area contributed by atoms with Crippen molar-refractivity contribution >= 4 is 26.6 Å². The summed E-state index contributed by atoms with van der Waals surface area (Å²) in [4.78, 5) is 0.137. The van der Waals surface area contributed by atoms with Gasteiger partial charge in [-0.05, 0) is 30.7 Å². The average Bonchev–Trinajstić information content (AvgIpc) is 2.89. The Morgan fingerprint density at radius 3 is 2.85 bits per heavy atom. The van der Waals surface area contributed by atoms with Gasteiger partial charge < -0.3 is 5.11 Å². The molecule has 0 aliphatic carbocycles. The zero-order valence-electron chi connectivity index (χ0n) is 10.5. The number of hydrogen-bond acceptors (Lipinski definition) is 6. The summed E-state index contributed by atoms with van der Waals surface area (Å²) >= 11 is 0.961. The van der Waals surface area contributed by atoms with Crippen molar-refractivity contribution < 1.29 is 13.5 Å². The van der Waals surface area contributed by atoms with Crippen molar-refractivity contribution in [2.75, 3.05) is 11.3 Å². The number of sulfonamides is 1. The molecule has 20 heavy (non-hydrogen) atoms. The molecule has 0 amide bonds. The molecule has 8 heteroatoms. The summed E-state index contributed by atoms with van der Waals surface area (Å²) in [6.07, 6.45) is 1.34. The molecular formula is C12H11N3O3S2. The zero-order chi connectivity index (χ0) is 14.6. The highest BCUT2D eigenvalue weighted by atomic mass is 32.2. The quantitative estimate of drug-likeness (QED) is 0.825. The van der Waals surface area contributed by atoms with Crippen molar-refractivity contribution in [2.24, 2.45) is 0 Å². The molecule has 0 bridgehead atoms. The van der Waals surface area contributed by atoms with Crippen LogP contribution in [0.5, 0.6) is 0 Å². The van der Waals surface area contributed by atoms with Gasteiger partial charge in [-0.1, -0.05) is 16.3 Å². The molecule has 0 saturated heterocycles. The number of hydrogen-bond donors (Lipinski definition) is 2. The first-order valence-corrected chi connectivity index (χ1v) is 7.79. The molecule has 2 N–H and O–H groups in total. The van der Waals surface area contributed by atoms with E-state index >= 15 is 0 Å². The average molecular weight is 309 g/mol. The summed E-state index contributed by atoms with van der Waals surface area (Å²) in [5.41, 5.74) is 1.40. The number of aromatic nitrogens is 2. The van der Waals surface area contributed by atoms with E-state index in [1.807, 2.05) is 0 Å². The standard InChI is InChI=1S/C12H11N3O3S2/c1-9-7-11(5-4-10(9)3-2-6-16)20(17,18)14-12-8-13-15-19-12/h4-5,7-8,14,16H,6H2,1H3. The molecule has 0 radical (unpaired) electrons. The van der Waals surface area contributed by atoms with Crippen LogP contribution in [0.1, 0.15) is 11.1 Å². The third kappa shape index (κ3) is 3.33. The Labute approximate surface area is 120 Å². The van der Waals surface area contributed by atoms with Crippen LogP contribution >= 0.6 is 11.5 Å². The van der Waals surface area contributed by atoms with Crippen LogP contribution in [0.3, 0.4) is 0 Å². The van der Waals surface area contributed by atoms with Crippen molar-refractivity contribution in [3.8, 4) is 11.8 Å². The summed E-state index contributed by atoms with van der Waals surface area (Å²) in [5.74, 6) is 5.28. The van der Waals surface area contributed by atoms with Crippen molar-refractivity contribution in [3.63, 3.8) is 0 Å². The molecule has 6 nitrogen and oxygen atoms in total. The van der Waals surface area contributed by atoms with Gasteiger partial charge in [0.1, 0.15) is 11.6 Å². The van der Waals surface area contributed by atoms with Gasteiger partial charge in [-0.25, -0.2) is 8.42 Å². The number of benzene rings is 1. The number of aliphatic hydroxyl groups is 1. The fourth-order valence-electron chi connectivity index (χ4n) is 1.48. The lowest BCUT2D eigenvalue weighted by Gasteiger charge is -2.07. The van der Waals surface area contributed by atoms with Gasteiger partial charge in [-0.3, -0.25) is 4.72 Å². The Kier molecular flexibility index (Phi) is 4.34.